The van der Waals surface area contributed by atoms with Crippen molar-refractivity contribution >= 4 is 6.03 Å². The Bertz CT molecular complexity index is 527. The largest absolute Gasteiger partial charge is 0.454 e. The van der Waals surface area contributed by atoms with E-state index < -0.39 is 0 Å². The average molecular weight is 305 g/mol. The Hall–Kier alpha value is -1.95. The van der Waals surface area contributed by atoms with Crippen molar-refractivity contribution in [3.8, 4) is 11.5 Å². The average Bonchev–Trinajstić information content (AvgIpc) is 3.01. The molecular weight excluding hydrogens is 282 g/mol. The SMILES string of the molecule is CCCNC(=O)N1CCN(Cc2ccc3c(c2)OCO3)CC1. The van der Waals surface area contributed by atoms with Crippen LogP contribution >= 0.6 is 0 Å². The van der Waals surface area contributed by atoms with Gasteiger partial charge in [-0.3, -0.25) is 4.90 Å². The molecule has 0 bridgehead atoms. The zero-order valence-corrected chi connectivity index (χ0v) is 13.0. The third-order valence-electron chi connectivity index (χ3n) is 4.03. The van der Waals surface area contributed by atoms with Gasteiger partial charge in [-0.1, -0.05) is 13.0 Å². The van der Waals surface area contributed by atoms with Crippen molar-refractivity contribution in [1.82, 2.24) is 15.1 Å². The van der Waals surface area contributed by atoms with Crippen LogP contribution in [0.1, 0.15) is 18.9 Å². The van der Waals surface area contributed by atoms with E-state index in [0.29, 0.717) is 6.79 Å². The van der Waals surface area contributed by atoms with E-state index in [1.54, 1.807) is 0 Å². The fourth-order valence-electron chi connectivity index (χ4n) is 2.75. The molecule has 1 N–H and O–H groups in total. The fraction of sp³-hybridized carbons (Fsp3) is 0.562. The number of hydrogen-bond donors (Lipinski definition) is 1. The van der Waals surface area contributed by atoms with Crippen molar-refractivity contribution in [3.63, 3.8) is 0 Å². The topological polar surface area (TPSA) is 54.0 Å². The number of urea groups is 1. The van der Waals surface area contributed by atoms with E-state index >= 15 is 0 Å². The Morgan fingerprint density at radius 2 is 1.95 bits per heavy atom. The minimum atomic E-state index is 0.0598. The van der Waals surface area contributed by atoms with Gasteiger partial charge in [0.25, 0.3) is 0 Å². The highest BCUT2D eigenvalue weighted by molar-refractivity contribution is 5.74. The first kappa shape index (κ1) is 15.0. The van der Waals surface area contributed by atoms with Gasteiger partial charge in [-0.2, -0.15) is 0 Å². The van der Waals surface area contributed by atoms with E-state index in [9.17, 15) is 4.79 Å². The number of hydrogen-bond acceptors (Lipinski definition) is 4. The Balaban J connectivity index is 1.49. The summed E-state index contributed by atoms with van der Waals surface area (Å²) in [4.78, 5) is 16.2. The molecule has 0 atom stereocenters. The Morgan fingerprint density at radius 3 is 2.73 bits per heavy atom. The number of amides is 2. The van der Waals surface area contributed by atoms with Crippen molar-refractivity contribution < 1.29 is 14.3 Å². The minimum Gasteiger partial charge on any atom is -0.454 e. The van der Waals surface area contributed by atoms with Gasteiger partial charge in [0.15, 0.2) is 11.5 Å². The second-order valence-corrected chi connectivity index (χ2v) is 5.68. The van der Waals surface area contributed by atoms with Crippen molar-refractivity contribution in [2.24, 2.45) is 0 Å². The van der Waals surface area contributed by atoms with Gasteiger partial charge < -0.3 is 19.7 Å². The lowest BCUT2D eigenvalue weighted by atomic mass is 10.1. The van der Waals surface area contributed by atoms with Crippen LogP contribution in [0.3, 0.4) is 0 Å². The van der Waals surface area contributed by atoms with Crippen molar-refractivity contribution in [3.05, 3.63) is 23.8 Å². The van der Waals surface area contributed by atoms with E-state index in [4.69, 9.17) is 9.47 Å². The van der Waals surface area contributed by atoms with Crippen LogP contribution in [-0.2, 0) is 6.54 Å². The summed E-state index contributed by atoms with van der Waals surface area (Å²) in [7, 11) is 0. The summed E-state index contributed by atoms with van der Waals surface area (Å²) in [5.74, 6) is 1.65. The predicted octanol–water partition coefficient (Wildman–Crippen LogP) is 1.65. The molecule has 0 saturated carbocycles. The van der Waals surface area contributed by atoms with E-state index in [0.717, 1.165) is 57.2 Å². The second-order valence-electron chi connectivity index (χ2n) is 5.68. The first-order chi connectivity index (χ1) is 10.8. The van der Waals surface area contributed by atoms with Crippen LogP contribution in [-0.4, -0.2) is 55.3 Å². The molecule has 3 rings (SSSR count). The molecule has 1 saturated heterocycles. The molecule has 22 heavy (non-hydrogen) atoms. The van der Waals surface area contributed by atoms with Crippen molar-refractivity contribution in [1.29, 1.82) is 0 Å². The van der Waals surface area contributed by atoms with Gasteiger partial charge in [-0.05, 0) is 24.1 Å². The van der Waals surface area contributed by atoms with Gasteiger partial charge in [0.05, 0.1) is 0 Å². The molecule has 2 heterocycles. The van der Waals surface area contributed by atoms with Gasteiger partial charge in [0.2, 0.25) is 6.79 Å². The number of benzene rings is 1. The number of carbonyl (C=O) groups excluding carboxylic acids is 1. The van der Waals surface area contributed by atoms with E-state index in [2.05, 4.69) is 23.2 Å². The number of carbonyl (C=O) groups is 1. The predicted molar refractivity (Wildman–Crippen MR) is 83.1 cm³/mol. The van der Waals surface area contributed by atoms with E-state index in [1.165, 1.54) is 5.56 Å². The maximum Gasteiger partial charge on any atom is 0.317 e. The van der Waals surface area contributed by atoms with Gasteiger partial charge in [-0.25, -0.2) is 4.79 Å². The number of ether oxygens (including phenoxy) is 2. The first-order valence-corrected chi connectivity index (χ1v) is 7.90. The Morgan fingerprint density at radius 1 is 1.18 bits per heavy atom. The van der Waals surface area contributed by atoms with Gasteiger partial charge >= 0.3 is 6.03 Å². The van der Waals surface area contributed by atoms with Gasteiger partial charge in [0.1, 0.15) is 0 Å². The maximum atomic E-state index is 11.9. The Labute approximate surface area is 131 Å². The molecule has 6 nitrogen and oxygen atoms in total. The molecule has 6 heteroatoms. The number of nitrogens with zero attached hydrogens (tertiary/aromatic N) is 2. The molecule has 1 fully saturated rings. The summed E-state index contributed by atoms with van der Waals surface area (Å²) in [5, 5.41) is 2.93. The highest BCUT2D eigenvalue weighted by Gasteiger charge is 2.21. The van der Waals surface area contributed by atoms with Crippen molar-refractivity contribution in [2.75, 3.05) is 39.5 Å². The lowest BCUT2D eigenvalue weighted by molar-refractivity contribution is 0.135. The van der Waals surface area contributed by atoms with Crippen LogP contribution in [0.2, 0.25) is 0 Å². The Kier molecular flexibility index (Phi) is 4.68. The third-order valence-corrected chi connectivity index (χ3v) is 4.03. The number of nitrogens with one attached hydrogen (secondary N) is 1. The quantitative estimate of drug-likeness (QED) is 0.919. The highest BCUT2D eigenvalue weighted by Crippen LogP contribution is 2.32. The van der Waals surface area contributed by atoms with E-state index in [1.807, 2.05) is 17.0 Å². The zero-order chi connectivity index (χ0) is 15.4. The number of piperazine rings is 1. The first-order valence-electron chi connectivity index (χ1n) is 7.90. The molecule has 2 amide bonds. The number of fused-ring (bicyclic) bond motifs is 1. The van der Waals surface area contributed by atoms with Crippen LogP contribution in [0.5, 0.6) is 11.5 Å². The number of rotatable bonds is 4. The molecule has 1 aromatic carbocycles. The lowest BCUT2D eigenvalue weighted by Crippen LogP contribution is -2.51. The molecule has 2 aliphatic rings. The summed E-state index contributed by atoms with van der Waals surface area (Å²) in [6, 6.07) is 6.15. The summed E-state index contributed by atoms with van der Waals surface area (Å²) >= 11 is 0. The zero-order valence-electron chi connectivity index (χ0n) is 13.0. The van der Waals surface area contributed by atoms with Gasteiger partial charge in [-0.15, -0.1) is 0 Å². The molecule has 0 aliphatic carbocycles. The smallest absolute Gasteiger partial charge is 0.317 e. The van der Waals surface area contributed by atoms with Crippen LogP contribution in [0, 0.1) is 0 Å². The molecular formula is C16H23N3O3. The molecule has 1 aromatic rings. The minimum absolute atomic E-state index is 0.0598. The van der Waals surface area contributed by atoms with Crippen LogP contribution in [0.15, 0.2) is 18.2 Å². The standard InChI is InChI=1S/C16H23N3O3/c1-2-5-17-16(20)19-8-6-18(7-9-19)11-13-3-4-14-15(10-13)22-12-21-14/h3-4,10H,2,5-9,11-12H2,1H3,(H,17,20). The monoisotopic (exact) mass is 305 g/mol. The molecule has 2 aliphatic heterocycles. The summed E-state index contributed by atoms with van der Waals surface area (Å²) in [6.07, 6.45) is 0.968. The lowest BCUT2D eigenvalue weighted by Gasteiger charge is -2.34. The summed E-state index contributed by atoms with van der Waals surface area (Å²) in [5.41, 5.74) is 1.22. The normalized spacial score (nSPS) is 17.6. The van der Waals surface area contributed by atoms with Crippen LogP contribution < -0.4 is 14.8 Å². The third kappa shape index (κ3) is 3.44. The van der Waals surface area contributed by atoms with Crippen LogP contribution in [0.25, 0.3) is 0 Å². The molecule has 0 aromatic heterocycles. The van der Waals surface area contributed by atoms with E-state index in [-0.39, 0.29) is 6.03 Å². The molecule has 0 radical (unpaired) electrons. The van der Waals surface area contributed by atoms with Crippen LogP contribution in [0.4, 0.5) is 4.79 Å². The highest BCUT2D eigenvalue weighted by atomic mass is 16.7. The maximum absolute atomic E-state index is 11.9. The second kappa shape index (κ2) is 6.87. The summed E-state index contributed by atoms with van der Waals surface area (Å²) in [6.45, 7) is 7.34. The molecule has 0 unspecified atom stereocenters. The summed E-state index contributed by atoms with van der Waals surface area (Å²) < 4.78 is 10.7. The molecule has 120 valence electrons. The molecule has 0 spiro atoms. The fourth-order valence-corrected chi connectivity index (χ4v) is 2.75. The van der Waals surface area contributed by atoms with Gasteiger partial charge in [0, 0.05) is 39.3 Å². The van der Waals surface area contributed by atoms with Crippen molar-refractivity contribution in [2.45, 2.75) is 19.9 Å².